The maximum absolute atomic E-state index is 15.7. The first-order chi connectivity index (χ1) is 20.9. The quantitative estimate of drug-likeness (QED) is 0.134. The van der Waals surface area contributed by atoms with Gasteiger partial charge in [-0.15, -0.1) is 0 Å². The SMILES string of the molecule is CCCC(C)C(CC)P(=O)(c1ccccc1)c1ccccc1Oc1ccccc1P(=O)(c1ccccc1)c1ccccc1. The highest BCUT2D eigenvalue weighted by Gasteiger charge is 2.41. The summed E-state index contributed by atoms with van der Waals surface area (Å²) in [7, 11) is -6.47. The third-order valence-corrected chi connectivity index (χ3v) is 15.4. The summed E-state index contributed by atoms with van der Waals surface area (Å²) < 4.78 is 37.8. The minimum absolute atomic E-state index is 0.0467. The lowest BCUT2D eigenvalue weighted by Crippen LogP contribution is -2.31. The van der Waals surface area contributed by atoms with E-state index >= 15 is 9.13 Å². The molecule has 5 rings (SSSR count). The monoisotopic (exact) mass is 606 g/mol. The van der Waals surface area contributed by atoms with Crippen molar-refractivity contribution in [3.63, 3.8) is 0 Å². The fraction of sp³-hybridized carbons (Fsp3) is 0.211. The van der Waals surface area contributed by atoms with Gasteiger partial charge in [-0.3, -0.25) is 0 Å². The fourth-order valence-electron chi connectivity index (χ4n) is 6.27. The van der Waals surface area contributed by atoms with E-state index in [1.807, 2.05) is 140 Å². The Kier molecular flexibility index (Phi) is 9.86. The smallest absolute Gasteiger partial charge is 0.174 e. The molecule has 0 aliphatic carbocycles. The molecule has 5 aromatic carbocycles. The Morgan fingerprint density at radius 3 is 1.47 bits per heavy atom. The summed E-state index contributed by atoms with van der Waals surface area (Å²) in [6.07, 6.45) is 2.82. The predicted octanol–water partition coefficient (Wildman–Crippen LogP) is 8.65. The van der Waals surface area contributed by atoms with E-state index in [0.717, 1.165) is 35.2 Å². The van der Waals surface area contributed by atoms with Crippen molar-refractivity contribution in [3.05, 3.63) is 140 Å². The summed E-state index contributed by atoms with van der Waals surface area (Å²) in [5, 5.41) is 3.64. The number of rotatable bonds is 12. The van der Waals surface area contributed by atoms with Crippen LogP contribution in [-0.4, -0.2) is 5.66 Å². The summed E-state index contributed by atoms with van der Waals surface area (Å²) >= 11 is 0. The molecule has 0 amide bonds. The second-order valence-electron chi connectivity index (χ2n) is 11.1. The van der Waals surface area contributed by atoms with Crippen LogP contribution >= 0.6 is 14.3 Å². The van der Waals surface area contributed by atoms with Gasteiger partial charge in [0.15, 0.2) is 7.14 Å². The van der Waals surface area contributed by atoms with E-state index in [2.05, 4.69) is 20.8 Å². The van der Waals surface area contributed by atoms with Gasteiger partial charge in [-0.1, -0.05) is 149 Å². The average molecular weight is 607 g/mol. The highest BCUT2D eigenvalue weighted by Crippen LogP contribution is 2.56. The molecule has 3 nitrogen and oxygen atoms in total. The van der Waals surface area contributed by atoms with Crippen molar-refractivity contribution < 1.29 is 13.9 Å². The molecule has 3 unspecified atom stereocenters. The molecule has 5 heteroatoms. The summed E-state index contributed by atoms with van der Waals surface area (Å²) in [5.74, 6) is 1.30. The van der Waals surface area contributed by atoms with Gasteiger partial charge in [0.1, 0.15) is 18.6 Å². The van der Waals surface area contributed by atoms with Gasteiger partial charge in [0, 0.05) is 21.6 Å². The molecular weight excluding hydrogens is 566 g/mol. The molecule has 0 spiro atoms. The zero-order chi connectivity index (χ0) is 30.3. The number of benzene rings is 5. The highest BCUT2D eigenvalue weighted by atomic mass is 31.2. The fourth-order valence-corrected chi connectivity index (χ4v) is 12.8. The van der Waals surface area contributed by atoms with Crippen LogP contribution in [-0.2, 0) is 9.13 Å². The van der Waals surface area contributed by atoms with Crippen molar-refractivity contribution in [2.24, 2.45) is 5.92 Å². The van der Waals surface area contributed by atoms with Crippen molar-refractivity contribution in [1.82, 2.24) is 0 Å². The maximum Gasteiger partial charge on any atom is 0.174 e. The zero-order valence-corrected chi connectivity index (χ0v) is 27.0. The minimum Gasteiger partial charge on any atom is -0.456 e. The number of hydrogen-bond donors (Lipinski definition) is 0. The second-order valence-corrected chi connectivity index (χ2v) is 16.8. The Labute approximate surface area is 256 Å². The van der Waals surface area contributed by atoms with Gasteiger partial charge in [0.2, 0.25) is 0 Å². The van der Waals surface area contributed by atoms with Crippen LogP contribution < -0.4 is 31.3 Å². The molecule has 0 saturated carbocycles. The molecule has 43 heavy (non-hydrogen) atoms. The van der Waals surface area contributed by atoms with Crippen molar-refractivity contribution in [3.8, 4) is 11.5 Å². The first-order valence-corrected chi connectivity index (χ1v) is 18.7. The first kappa shape index (κ1) is 30.8. The Morgan fingerprint density at radius 1 is 0.558 bits per heavy atom. The molecule has 0 aliphatic heterocycles. The summed E-state index contributed by atoms with van der Waals surface area (Å²) in [6, 6.07) is 44.4. The Hall–Kier alpha value is -3.64. The summed E-state index contributed by atoms with van der Waals surface area (Å²) in [5.41, 5.74) is -0.0467. The summed E-state index contributed by atoms with van der Waals surface area (Å²) in [4.78, 5) is 0. The van der Waals surface area contributed by atoms with Crippen LogP contribution in [0.4, 0.5) is 0 Å². The van der Waals surface area contributed by atoms with Crippen molar-refractivity contribution in [2.45, 2.75) is 45.7 Å². The van der Waals surface area contributed by atoms with Gasteiger partial charge in [-0.25, -0.2) is 0 Å². The van der Waals surface area contributed by atoms with Gasteiger partial charge in [-0.05, 0) is 36.6 Å². The first-order valence-electron chi connectivity index (χ1n) is 15.2. The lowest BCUT2D eigenvalue weighted by atomic mass is 10.0. The molecule has 0 heterocycles. The lowest BCUT2D eigenvalue weighted by Gasteiger charge is -2.33. The van der Waals surface area contributed by atoms with Crippen molar-refractivity contribution in [2.75, 3.05) is 0 Å². The Morgan fingerprint density at radius 2 is 0.977 bits per heavy atom. The van der Waals surface area contributed by atoms with Crippen LogP contribution in [0.5, 0.6) is 11.5 Å². The lowest BCUT2D eigenvalue weighted by molar-refractivity contribution is 0.467. The number of ether oxygens (including phenoxy) is 1. The highest BCUT2D eigenvalue weighted by molar-refractivity contribution is 7.85. The molecule has 5 aromatic rings. The molecule has 0 saturated heterocycles. The zero-order valence-electron chi connectivity index (χ0n) is 25.2. The molecule has 0 fully saturated rings. The van der Waals surface area contributed by atoms with Gasteiger partial charge in [0.05, 0.1) is 10.6 Å². The molecule has 220 valence electrons. The van der Waals surface area contributed by atoms with E-state index in [9.17, 15) is 0 Å². The Bertz CT molecular complexity index is 1680. The predicted molar refractivity (Wildman–Crippen MR) is 184 cm³/mol. The minimum atomic E-state index is -3.31. The summed E-state index contributed by atoms with van der Waals surface area (Å²) in [6.45, 7) is 6.55. The van der Waals surface area contributed by atoms with Crippen LogP contribution in [0.25, 0.3) is 0 Å². The van der Waals surface area contributed by atoms with Gasteiger partial charge in [-0.2, -0.15) is 0 Å². The standard InChI is InChI=1S/C38H40O3P2/c1-4-19-30(3)36(5-2)43(40,33-24-13-8-14-25-33)38-29-18-16-27-35(38)41-34-26-15-17-28-37(34)42(39,31-20-9-6-10-21-31)32-22-11-7-12-23-32/h6-18,20-30,36H,4-5,19H2,1-3H3. The molecule has 3 atom stereocenters. The normalized spacial score (nSPS) is 14.4. The largest absolute Gasteiger partial charge is 0.456 e. The van der Waals surface area contributed by atoms with Crippen LogP contribution in [0, 0.1) is 5.92 Å². The third-order valence-electron chi connectivity index (χ3n) is 8.31. The van der Waals surface area contributed by atoms with Crippen molar-refractivity contribution in [1.29, 1.82) is 0 Å². The third kappa shape index (κ3) is 6.08. The van der Waals surface area contributed by atoms with E-state index in [4.69, 9.17) is 4.74 Å². The topological polar surface area (TPSA) is 43.4 Å². The van der Waals surface area contributed by atoms with Crippen LogP contribution in [0.15, 0.2) is 140 Å². The van der Waals surface area contributed by atoms with E-state index in [-0.39, 0.29) is 11.6 Å². The van der Waals surface area contributed by atoms with Gasteiger partial charge < -0.3 is 13.9 Å². The average Bonchev–Trinajstić information content (AvgIpc) is 3.06. The number of hydrogen-bond acceptors (Lipinski definition) is 3. The van der Waals surface area contributed by atoms with E-state index in [0.29, 0.717) is 22.1 Å². The van der Waals surface area contributed by atoms with Gasteiger partial charge in [0.25, 0.3) is 0 Å². The number of para-hydroxylation sites is 2. The van der Waals surface area contributed by atoms with Gasteiger partial charge >= 0.3 is 0 Å². The van der Waals surface area contributed by atoms with E-state index < -0.39 is 14.3 Å². The molecule has 0 aliphatic rings. The second kappa shape index (κ2) is 13.8. The van der Waals surface area contributed by atoms with E-state index in [1.54, 1.807) is 0 Å². The molecular formula is C38H40O3P2. The van der Waals surface area contributed by atoms with E-state index in [1.165, 1.54) is 0 Å². The van der Waals surface area contributed by atoms with Crippen LogP contribution in [0.2, 0.25) is 0 Å². The molecule has 0 aromatic heterocycles. The van der Waals surface area contributed by atoms with Crippen LogP contribution in [0.3, 0.4) is 0 Å². The Balaban J connectivity index is 1.69. The van der Waals surface area contributed by atoms with Crippen LogP contribution in [0.1, 0.15) is 40.0 Å². The molecule has 0 N–H and O–H groups in total. The van der Waals surface area contributed by atoms with Crippen molar-refractivity contribution >= 4 is 40.8 Å². The maximum atomic E-state index is 15.7. The molecule has 0 bridgehead atoms. The molecule has 0 radical (unpaired) electrons.